The van der Waals surface area contributed by atoms with Crippen LogP contribution in [0.15, 0.2) is 83.7 Å². The maximum Gasteiger partial charge on any atom is 0.336 e. The van der Waals surface area contributed by atoms with Crippen LogP contribution in [0.4, 0.5) is 0 Å². The molecule has 0 amide bonds. The van der Waals surface area contributed by atoms with Gasteiger partial charge in [-0.3, -0.25) is 4.79 Å². The summed E-state index contributed by atoms with van der Waals surface area (Å²) in [6.45, 7) is 6.76. The van der Waals surface area contributed by atoms with Crippen molar-refractivity contribution in [2.75, 3.05) is 0 Å². The molecule has 0 unspecified atom stereocenters. The number of carboxylic acid groups (broad SMARTS) is 1. The molecule has 38 heavy (non-hydrogen) atoms. The molecule has 2 heterocycles. The molecular formula is C30H28N4O4. The lowest BCUT2D eigenvalue weighted by Crippen LogP contribution is -2.18. The van der Waals surface area contributed by atoms with Gasteiger partial charge in [-0.05, 0) is 40.3 Å². The molecule has 3 aromatic carbocycles. The summed E-state index contributed by atoms with van der Waals surface area (Å²) in [7, 11) is 0. The van der Waals surface area contributed by atoms with Gasteiger partial charge in [0.1, 0.15) is 17.1 Å². The number of nitrogens with one attached hydrogen (secondary N) is 1. The second kappa shape index (κ2) is 9.97. The molecule has 2 aromatic heterocycles. The fourth-order valence-electron chi connectivity index (χ4n) is 4.43. The Hall–Kier alpha value is -4.72. The fourth-order valence-corrected chi connectivity index (χ4v) is 4.43. The molecule has 5 aromatic rings. The van der Waals surface area contributed by atoms with Gasteiger partial charge in [0, 0.05) is 13.0 Å². The van der Waals surface area contributed by atoms with Gasteiger partial charge in [-0.25, -0.2) is 14.9 Å². The van der Waals surface area contributed by atoms with Crippen LogP contribution in [-0.2, 0) is 13.0 Å². The van der Waals surface area contributed by atoms with Gasteiger partial charge in [0.05, 0.1) is 5.56 Å². The van der Waals surface area contributed by atoms with Crippen LogP contribution in [0.25, 0.3) is 22.2 Å². The number of imidazole rings is 1. The molecule has 0 saturated carbocycles. The van der Waals surface area contributed by atoms with E-state index in [1.165, 1.54) is 0 Å². The molecule has 0 atom stereocenters. The number of aromatic amines is 1. The monoisotopic (exact) mass is 508 g/mol. The van der Waals surface area contributed by atoms with Crippen LogP contribution in [0.3, 0.4) is 0 Å². The second-order valence-electron chi connectivity index (χ2n) is 10.4. The summed E-state index contributed by atoms with van der Waals surface area (Å²) >= 11 is 0. The molecule has 0 saturated heterocycles. The SMILES string of the molecule is CC(C)(C)Cc1nc2c(Oc3ccccc3)n[nH]c(=O)c2n1Cc1ccc(-c2ccccc2C(=O)O)cc1. The largest absolute Gasteiger partial charge is 0.478 e. The summed E-state index contributed by atoms with van der Waals surface area (Å²) in [6.07, 6.45) is 0.635. The fraction of sp³-hybridized carbons (Fsp3) is 0.200. The molecule has 5 rings (SSSR count). The topological polar surface area (TPSA) is 110 Å². The molecule has 0 spiro atoms. The number of aromatic carboxylic acids is 1. The van der Waals surface area contributed by atoms with Crippen LogP contribution in [-0.4, -0.2) is 30.8 Å². The van der Waals surface area contributed by atoms with Crippen molar-refractivity contribution in [2.45, 2.75) is 33.7 Å². The van der Waals surface area contributed by atoms with E-state index in [2.05, 4.69) is 31.0 Å². The van der Waals surface area contributed by atoms with Crippen molar-refractivity contribution in [1.29, 1.82) is 0 Å². The summed E-state index contributed by atoms with van der Waals surface area (Å²) in [5.41, 5.74) is 3.02. The van der Waals surface area contributed by atoms with Gasteiger partial charge in [-0.2, -0.15) is 0 Å². The Morgan fingerprint density at radius 2 is 1.66 bits per heavy atom. The normalized spacial score (nSPS) is 11.6. The Morgan fingerprint density at radius 1 is 0.974 bits per heavy atom. The minimum atomic E-state index is -0.970. The number of carbonyl (C=O) groups is 1. The predicted molar refractivity (Wildman–Crippen MR) is 146 cm³/mol. The van der Waals surface area contributed by atoms with Gasteiger partial charge in [0.2, 0.25) is 0 Å². The molecular weight excluding hydrogens is 480 g/mol. The zero-order valence-electron chi connectivity index (χ0n) is 21.4. The Bertz CT molecular complexity index is 1660. The summed E-state index contributed by atoms with van der Waals surface area (Å²) in [5.74, 6) is 0.616. The molecule has 0 bridgehead atoms. The highest BCUT2D eigenvalue weighted by Crippen LogP contribution is 2.30. The average molecular weight is 509 g/mol. The number of aromatic nitrogens is 4. The van der Waals surface area contributed by atoms with E-state index in [1.54, 1.807) is 18.2 Å². The number of ether oxygens (including phenoxy) is 1. The van der Waals surface area contributed by atoms with Crippen LogP contribution in [0.1, 0.15) is 42.5 Å². The van der Waals surface area contributed by atoms with Crippen LogP contribution in [0, 0.1) is 5.41 Å². The highest BCUT2D eigenvalue weighted by Gasteiger charge is 2.23. The lowest BCUT2D eigenvalue weighted by Gasteiger charge is -2.19. The summed E-state index contributed by atoms with van der Waals surface area (Å²) in [6, 6.07) is 23.9. The second-order valence-corrected chi connectivity index (χ2v) is 10.4. The number of nitrogens with zero attached hydrogens (tertiary/aromatic N) is 3. The highest BCUT2D eigenvalue weighted by atomic mass is 16.5. The third kappa shape index (κ3) is 5.20. The standard InChI is InChI=1S/C30H28N4O4/c1-30(2,3)17-24-31-25-26(27(35)32-33-28(25)38-21-9-5-4-6-10-21)34(24)18-19-13-15-20(16-14-19)22-11-7-8-12-23(22)29(36)37/h4-16H,17-18H2,1-3H3,(H,32,35)(H,36,37). The van der Waals surface area contributed by atoms with E-state index in [0.29, 0.717) is 35.3 Å². The van der Waals surface area contributed by atoms with Crippen LogP contribution >= 0.6 is 0 Å². The maximum absolute atomic E-state index is 13.0. The molecule has 0 aliphatic rings. The van der Waals surface area contributed by atoms with Gasteiger partial charge >= 0.3 is 5.97 Å². The van der Waals surface area contributed by atoms with E-state index < -0.39 is 5.97 Å². The van der Waals surface area contributed by atoms with E-state index in [0.717, 1.165) is 17.0 Å². The van der Waals surface area contributed by atoms with Gasteiger partial charge in [0.25, 0.3) is 11.4 Å². The number of fused-ring (bicyclic) bond motifs is 1. The van der Waals surface area contributed by atoms with Crippen molar-refractivity contribution in [3.05, 3.63) is 106 Å². The van der Waals surface area contributed by atoms with Gasteiger partial charge in [-0.15, -0.1) is 5.10 Å². The number of rotatable bonds is 7. The number of benzene rings is 3. The summed E-state index contributed by atoms with van der Waals surface area (Å²) < 4.78 is 7.90. The van der Waals surface area contributed by atoms with E-state index in [9.17, 15) is 14.7 Å². The van der Waals surface area contributed by atoms with Crippen LogP contribution in [0.2, 0.25) is 0 Å². The van der Waals surface area contributed by atoms with Gasteiger partial charge < -0.3 is 14.4 Å². The third-order valence-corrected chi connectivity index (χ3v) is 6.13. The first-order chi connectivity index (χ1) is 18.2. The van der Waals surface area contributed by atoms with Crippen LogP contribution < -0.4 is 10.3 Å². The highest BCUT2D eigenvalue weighted by molar-refractivity contribution is 5.96. The molecule has 0 aliphatic carbocycles. The molecule has 8 nitrogen and oxygen atoms in total. The van der Waals surface area contributed by atoms with E-state index in [-0.39, 0.29) is 22.4 Å². The smallest absolute Gasteiger partial charge is 0.336 e. The Labute approximate surface area is 219 Å². The lowest BCUT2D eigenvalue weighted by atomic mass is 9.92. The van der Waals surface area contributed by atoms with Crippen molar-refractivity contribution in [1.82, 2.24) is 19.7 Å². The zero-order chi connectivity index (χ0) is 26.9. The van der Waals surface area contributed by atoms with Gasteiger partial charge in [-0.1, -0.05) is 81.4 Å². The zero-order valence-corrected chi connectivity index (χ0v) is 21.4. The maximum atomic E-state index is 13.0. The first kappa shape index (κ1) is 25.0. The number of carboxylic acids is 1. The van der Waals surface area contributed by atoms with Crippen molar-refractivity contribution in [3.8, 4) is 22.8 Å². The average Bonchev–Trinajstić information content (AvgIpc) is 3.24. The quantitative estimate of drug-likeness (QED) is 0.283. The van der Waals surface area contributed by atoms with Crippen LogP contribution in [0.5, 0.6) is 11.6 Å². The first-order valence-corrected chi connectivity index (χ1v) is 12.3. The Morgan fingerprint density at radius 3 is 2.34 bits per heavy atom. The van der Waals surface area contributed by atoms with E-state index in [4.69, 9.17) is 9.72 Å². The molecule has 0 fully saturated rings. The number of para-hydroxylation sites is 1. The third-order valence-electron chi connectivity index (χ3n) is 6.13. The number of hydrogen-bond acceptors (Lipinski definition) is 5. The Balaban J connectivity index is 1.56. The molecule has 0 radical (unpaired) electrons. The molecule has 2 N–H and O–H groups in total. The van der Waals surface area contributed by atoms with Crippen molar-refractivity contribution in [2.24, 2.45) is 5.41 Å². The van der Waals surface area contributed by atoms with E-state index in [1.807, 2.05) is 65.2 Å². The molecule has 192 valence electrons. The number of hydrogen-bond donors (Lipinski definition) is 2. The molecule has 0 aliphatic heterocycles. The molecule has 8 heteroatoms. The summed E-state index contributed by atoms with van der Waals surface area (Å²) in [4.78, 5) is 29.5. The minimum absolute atomic E-state index is 0.0792. The van der Waals surface area contributed by atoms with Gasteiger partial charge in [0.15, 0.2) is 5.52 Å². The minimum Gasteiger partial charge on any atom is -0.478 e. The summed E-state index contributed by atoms with van der Waals surface area (Å²) in [5, 5.41) is 16.3. The van der Waals surface area contributed by atoms with Crippen molar-refractivity contribution < 1.29 is 14.6 Å². The first-order valence-electron chi connectivity index (χ1n) is 12.3. The van der Waals surface area contributed by atoms with Crippen molar-refractivity contribution in [3.63, 3.8) is 0 Å². The Kier molecular flexibility index (Phi) is 6.55. The van der Waals surface area contributed by atoms with E-state index >= 15 is 0 Å². The predicted octanol–water partition coefficient (Wildman–Crippen LogP) is 5.91. The number of H-pyrrole nitrogens is 1. The van der Waals surface area contributed by atoms with Crippen molar-refractivity contribution >= 4 is 17.0 Å². The lowest BCUT2D eigenvalue weighted by molar-refractivity contribution is 0.0697.